The zero-order valence-corrected chi connectivity index (χ0v) is 57.5. The highest BCUT2D eigenvalue weighted by molar-refractivity contribution is 7.22. The number of hydrogen-bond donors (Lipinski definition) is 11. The lowest BCUT2D eigenvalue weighted by Gasteiger charge is -2.69. The first-order valence-electron chi connectivity index (χ1n) is 34.2. The number of aliphatic hydroxyl groups excluding tert-OH is 7. The van der Waals surface area contributed by atoms with Crippen LogP contribution in [0.5, 0.6) is 5.75 Å². The molecule has 6 aromatic rings. The second-order valence-corrected chi connectivity index (χ2v) is 29.8. The van der Waals surface area contributed by atoms with Gasteiger partial charge in [-0.3, -0.25) is 34.1 Å². The van der Waals surface area contributed by atoms with Crippen molar-refractivity contribution in [1.82, 2.24) is 34.9 Å². The number of carboxylic acids is 2. The number of imide groups is 1. The maximum atomic E-state index is 14.5. The van der Waals surface area contributed by atoms with E-state index in [2.05, 4.69) is 29.5 Å². The molecule has 3 aromatic carbocycles. The Labute approximate surface area is 590 Å². The lowest BCUT2D eigenvalue weighted by molar-refractivity contribution is -0.271. The Kier molecular flexibility index (Phi) is 21.4. The van der Waals surface area contributed by atoms with Crippen molar-refractivity contribution in [2.45, 2.75) is 166 Å². The third-order valence-electron chi connectivity index (χ3n) is 20.6. The van der Waals surface area contributed by atoms with Crippen molar-refractivity contribution < 1.29 is 98.5 Å². The van der Waals surface area contributed by atoms with E-state index in [1.165, 1.54) is 22.3 Å². The van der Waals surface area contributed by atoms with Crippen LogP contribution < -0.4 is 20.3 Å². The average molecular weight is 1430 g/mol. The lowest BCUT2D eigenvalue weighted by atomic mass is 9.39. The maximum Gasteiger partial charge on any atom is 0.410 e. The van der Waals surface area contributed by atoms with Gasteiger partial charge in [0.05, 0.1) is 41.3 Å². The molecular formula is C72H85N9O20S. The van der Waals surface area contributed by atoms with Gasteiger partial charge in [0, 0.05) is 79.4 Å². The number of thiazole rings is 1. The summed E-state index contributed by atoms with van der Waals surface area (Å²) in [5, 5.41) is 105. The van der Waals surface area contributed by atoms with Crippen LogP contribution >= 0.6 is 11.3 Å². The number of fused-ring (bicyclic) bond motifs is 2. The smallest absolute Gasteiger partial charge is 0.410 e. The zero-order chi connectivity index (χ0) is 72.6. The predicted octanol–water partition coefficient (Wildman–Crippen LogP) is 4.25. The molecule has 6 heterocycles. The van der Waals surface area contributed by atoms with Gasteiger partial charge in [-0.15, -0.1) is 0 Å². The summed E-state index contributed by atoms with van der Waals surface area (Å²) in [7, 11) is 0. The number of hydrogen-bond acceptors (Lipinski definition) is 23. The molecule has 544 valence electrons. The van der Waals surface area contributed by atoms with E-state index >= 15 is 0 Å². The minimum atomic E-state index is -2.02. The molecule has 5 unspecified atom stereocenters. The molecule has 3 aromatic heterocycles. The quantitative estimate of drug-likeness (QED) is 0.0231. The normalized spacial score (nSPS) is 25.8. The minimum absolute atomic E-state index is 0.00945. The number of aromatic nitrogens is 4. The number of pyridine rings is 1. The average Bonchev–Trinajstić information content (AvgIpc) is 0.768. The molecular weight excluding hydrogens is 1340 g/mol. The van der Waals surface area contributed by atoms with Crippen LogP contribution in [0.3, 0.4) is 0 Å². The molecule has 7 aliphatic rings. The van der Waals surface area contributed by atoms with E-state index in [-0.39, 0.29) is 71.8 Å². The number of para-hydroxylation sites is 1. The number of anilines is 2. The molecule has 11 N–H and O–H groups in total. The van der Waals surface area contributed by atoms with Crippen molar-refractivity contribution in [2.75, 3.05) is 56.2 Å². The van der Waals surface area contributed by atoms with E-state index in [4.69, 9.17) is 29.0 Å². The number of nitrogens with one attached hydrogen (secondary N) is 2. The number of aliphatic hydroxyl groups is 7. The van der Waals surface area contributed by atoms with Gasteiger partial charge in [0.25, 0.3) is 17.7 Å². The summed E-state index contributed by atoms with van der Waals surface area (Å²) < 4.78 is 27.4. The molecule has 4 saturated carbocycles. The van der Waals surface area contributed by atoms with Gasteiger partial charge in [-0.25, -0.2) is 24.4 Å². The van der Waals surface area contributed by atoms with Crippen molar-refractivity contribution in [1.29, 1.82) is 0 Å². The topological polar surface area (TPSA) is 416 Å². The number of carboxylic acid groups (broad SMARTS) is 2. The first kappa shape index (κ1) is 73.0. The minimum Gasteiger partial charge on any atom is -0.479 e. The Morgan fingerprint density at radius 3 is 2.31 bits per heavy atom. The lowest BCUT2D eigenvalue weighted by Crippen LogP contribution is -2.64. The molecule has 4 bridgehead atoms. The third kappa shape index (κ3) is 15.7. The fraction of sp³-hybridized carbons (Fsp3) is 0.500. The summed E-state index contributed by atoms with van der Waals surface area (Å²) in [5.41, 5.74) is 4.21. The van der Waals surface area contributed by atoms with Crippen LogP contribution in [0.25, 0.3) is 21.3 Å². The summed E-state index contributed by atoms with van der Waals surface area (Å²) >= 11 is 1.39. The third-order valence-corrected chi connectivity index (χ3v) is 21.6. The number of ether oxygens (including phenoxy) is 4. The summed E-state index contributed by atoms with van der Waals surface area (Å²) in [4.78, 5) is 103. The maximum absolute atomic E-state index is 14.5. The van der Waals surface area contributed by atoms with Crippen molar-refractivity contribution in [2.24, 2.45) is 16.2 Å². The molecule has 1 saturated heterocycles. The van der Waals surface area contributed by atoms with Crippen molar-refractivity contribution in [3.63, 3.8) is 0 Å². The first-order valence-corrected chi connectivity index (χ1v) is 35.0. The Balaban J connectivity index is 0.726. The SMILES string of the molecule is Cc1c(-c2ccc(N3CCc4cccc(C(=O)Nc5nc6ccccc6s5)c4C3)nc2C(=O)O)cnn1CC12CC3(C)CC(C)(C1)CC(OCCN(CC[C@@H](O)C(O)[C@H](O)CO)C(=O)OCc1ccc(CCCCNC(=O)CN4C(=O)C=CC4=O)cc1OC1OC(C(=O)O)[C@@H](O)[C@H](O)[C@H]1O)(C3)C2. The van der Waals surface area contributed by atoms with E-state index in [9.17, 15) is 79.5 Å². The van der Waals surface area contributed by atoms with Crippen LogP contribution in [0, 0.1) is 23.2 Å². The molecule has 13 rings (SSSR count). The van der Waals surface area contributed by atoms with Gasteiger partial charge >= 0.3 is 18.0 Å². The fourth-order valence-electron chi connectivity index (χ4n) is 16.9. The number of amides is 5. The number of aromatic carboxylic acids is 1. The largest absolute Gasteiger partial charge is 0.479 e. The number of rotatable bonds is 29. The second-order valence-electron chi connectivity index (χ2n) is 28.8. The number of carbonyl (C=O) groups excluding carboxylic acids is 5. The molecule has 0 radical (unpaired) electrons. The van der Waals surface area contributed by atoms with Gasteiger partial charge < -0.3 is 80.0 Å². The van der Waals surface area contributed by atoms with Crippen LogP contribution in [0.2, 0.25) is 0 Å². The van der Waals surface area contributed by atoms with Gasteiger partial charge in [0.15, 0.2) is 16.9 Å². The Morgan fingerprint density at radius 2 is 1.59 bits per heavy atom. The number of nitrogens with zero attached hydrogens (tertiary/aromatic N) is 7. The van der Waals surface area contributed by atoms with E-state index in [0.29, 0.717) is 84.9 Å². The van der Waals surface area contributed by atoms with E-state index in [0.717, 1.165) is 76.2 Å². The summed E-state index contributed by atoms with van der Waals surface area (Å²) in [5.74, 6) is -4.50. The predicted molar refractivity (Wildman–Crippen MR) is 366 cm³/mol. The molecule has 29 nitrogen and oxygen atoms in total. The standard InChI is InChI=1S/C72H85N9O20S/c1-40-46(44-16-17-53(76-57(44)64(93)94)79-23-20-42-10-8-11-45(47(42)29-79)63(92)77-67-75-48-12-4-5-13-52(48)102-67)28-74-81(40)39-71-34-69(2)33-70(3,35-71)37-72(36-69,38-71)99-26-25-78(24-21-49(83)58(88)50(84)31-82)68(97)98-32-43-15-14-41(9-6-7-22-73-54(85)30-80-55(86)18-19-56(80)87)27-51(43)100-66-61(91)59(89)60(90)62(101-66)65(95)96/h4-5,8,10-19,27-28,49-50,58-62,66,82-84,88-91H,6-7,9,20-26,29-39H2,1-3H3,(H,73,85)(H,93,94)(H,95,96)(H,75,77,92)/t49-,50-,58?,59+,60+,61-,62?,66?,69?,70?,71?,72?/m1/s1. The van der Waals surface area contributed by atoms with Crippen molar-refractivity contribution in [3.05, 3.63) is 130 Å². The van der Waals surface area contributed by atoms with Gasteiger partial charge in [0.1, 0.15) is 55.2 Å². The highest BCUT2D eigenvalue weighted by atomic mass is 32.1. The van der Waals surface area contributed by atoms with Crippen LogP contribution in [0.15, 0.2) is 91.1 Å². The highest BCUT2D eigenvalue weighted by Crippen LogP contribution is 2.72. The summed E-state index contributed by atoms with van der Waals surface area (Å²) in [6.07, 6.45) is -5.62. The molecule has 4 aliphatic carbocycles. The van der Waals surface area contributed by atoms with Gasteiger partial charge in [-0.2, -0.15) is 5.10 Å². The number of carbonyl (C=O) groups is 7. The number of aliphatic carboxylic acids is 1. The van der Waals surface area contributed by atoms with Gasteiger partial charge in [-0.05, 0) is 147 Å². The van der Waals surface area contributed by atoms with Gasteiger partial charge in [-0.1, -0.05) is 61.6 Å². The molecule has 3 aliphatic heterocycles. The second kappa shape index (κ2) is 29.9. The molecule has 10 atom stereocenters. The number of benzene rings is 3. The van der Waals surface area contributed by atoms with Gasteiger partial charge in [0.2, 0.25) is 12.2 Å². The highest BCUT2D eigenvalue weighted by Gasteiger charge is 2.66. The summed E-state index contributed by atoms with van der Waals surface area (Å²) in [6.45, 7) is 5.89. The monoisotopic (exact) mass is 1430 g/mol. The molecule has 30 heteroatoms. The Bertz CT molecular complexity index is 4150. The summed E-state index contributed by atoms with van der Waals surface area (Å²) in [6, 6.07) is 21.6. The van der Waals surface area contributed by atoms with Crippen LogP contribution in [0.4, 0.5) is 15.7 Å². The zero-order valence-electron chi connectivity index (χ0n) is 56.7. The van der Waals surface area contributed by atoms with Crippen LogP contribution in [-0.4, -0.2) is 218 Å². The van der Waals surface area contributed by atoms with Crippen molar-refractivity contribution in [3.8, 4) is 16.9 Å². The van der Waals surface area contributed by atoms with E-state index in [1.807, 2.05) is 59.0 Å². The molecule has 5 fully saturated rings. The van der Waals surface area contributed by atoms with E-state index < -0.39 is 110 Å². The Hall–Kier alpha value is -8.82. The van der Waals surface area contributed by atoms with Crippen LogP contribution in [-0.2, 0) is 65.9 Å². The first-order chi connectivity index (χ1) is 48.6. The number of unbranched alkanes of at least 4 members (excludes halogenated alkanes) is 1. The number of aryl methyl sites for hydroxylation is 1. The van der Waals surface area contributed by atoms with E-state index in [1.54, 1.807) is 30.5 Å². The Morgan fingerprint density at radius 1 is 0.833 bits per heavy atom. The fourth-order valence-corrected chi connectivity index (χ4v) is 17.7. The molecule has 102 heavy (non-hydrogen) atoms. The van der Waals surface area contributed by atoms with Crippen molar-refractivity contribution >= 4 is 74.2 Å². The molecule has 0 spiro atoms. The van der Waals surface area contributed by atoms with Crippen LogP contribution in [0.1, 0.15) is 120 Å². The molecule has 5 amide bonds.